The molecule has 0 saturated heterocycles. The SMILES string of the molecule is CCC(C)/C(=C\N)CC(C)(C)OCCC(C)(C)OC. The van der Waals surface area contributed by atoms with Gasteiger partial charge in [-0.2, -0.15) is 0 Å². The van der Waals surface area contributed by atoms with Crippen LogP contribution in [0.1, 0.15) is 60.8 Å². The Morgan fingerprint density at radius 3 is 2.21 bits per heavy atom. The second-order valence-corrected chi connectivity index (χ2v) is 6.55. The zero-order valence-electron chi connectivity index (χ0n) is 13.9. The van der Waals surface area contributed by atoms with Crippen LogP contribution in [0.4, 0.5) is 0 Å². The van der Waals surface area contributed by atoms with Crippen molar-refractivity contribution in [2.24, 2.45) is 11.7 Å². The average Bonchev–Trinajstić information content (AvgIpc) is 2.34. The van der Waals surface area contributed by atoms with Gasteiger partial charge < -0.3 is 15.2 Å². The largest absolute Gasteiger partial charge is 0.405 e. The summed E-state index contributed by atoms with van der Waals surface area (Å²) in [5.41, 5.74) is 6.71. The highest BCUT2D eigenvalue weighted by atomic mass is 16.5. The van der Waals surface area contributed by atoms with Crippen molar-refractivity contribution in [3.05, 3.63) is 11.8 Å². The van der Waals surface area contributed by atoms with E-state index in [9.17, 15) is 0 Å². The number of methoxy groups -OCH3 is 1. The zero-order valence-corrected chi connectivity index (χ0v) is 13.9. The van der Waals surface area contributed by atoms with Crippen molar-refractivity contribution < 1.29 is 9.47 Å². The molecule has 0 aliphatic rings. The van der Waals surface area contributed by atoms with Crippen LogP contribution in [-0.4, -0.2) is 24.9 Å². The summed E-state index contributed by atoms with van der Waals surface area (Å²) in [7, 11) is 1.74. The lowest BCUT2D eigenvalue weighted by Gasteiger charge is -2.30. The van der Waals surface area contributed by atoms with Crippen molar-refractivity contribution in [3.8, 4) is 0 Å². The van der Waals surface area contributed by atoms with Crippen LogP contribution < -0.4 is 5.73 Å². The molecule has 0 spiro atoms. The van der Waals surface area contributed by atoms with Gasteiger partial charge in [0.1, 0.15) is 0 Å². The average molecular weight is 271 g/mol. The van der Waals surface area contributed by atoms with Crippen LogP contribution in [0.25, 0.3) is 0 Å². The van der Waals surface area contributed by atoms with Gasteiger partial charge >= 0.3 is 0 Å². The summed E-state index contributed by atoms with van der Waals surface area (Å²) in [4.78, 5) is 0. The van der Waals surface area contributed by atoms with E-state index in [1.54, 1.807) is 13.3 Å². The summed E-state index contributed by atoms with van der Waals surface area (Å²) >= 11 is 0. The van der Waals surface area contributed by atoms with Crippen LogP contribution in [0.15, 0.2) is 11.8 Å². The molecule has 0 radical (unpaired) electrons. The molecule has 0 heterocycles. The molecule has 0 aromatic heterocycles. The number of hydrogen-bond acceptors (Lipinski definition) is 3. The number of nitrogens with two attached hydrogens (primary N) is 1. The van der Waals surface area contributed by atoms with Gasteiger partial charge in [-0.05, 0) is 64.6 Å². The van der Waals surface area contributed by atoms with Gasteiger partial charge in [-0.1, -0.05) is 13.8 Å². The molecular formula is C16H33NO2. The van der Waals surface area contributed by atoms with Crippen LogP contribution in [-0.2, 0) is 9.47 Å². The van der Waals surface area contributed by atoms with Gasteiger partial charge in [-0.15, -0.1) is 0 Å². The molecule has 0 aromatic rings. The second kappa shape index (κ2) is 7.91. The van der Waals surface area contributed by atoms with Gasteiger partial charge in [-0.25, -0.2) is 0 Å². The Kier molecular flexibility index (Phi) is 7.68. The second-order valence-electron chi connectivity index (χ2n) is 6.55. The van der Waals surface area contributed by atoms with Gasteiger partial charge in [-0.3, -0.25) is 0 Å². The van der Waals surface area contributed by atoms with E-state index in [1.807, 2.05) is 0 Å². The fourth-order valence-electron chi connectivity index (χ4n) is 1.88. The summed E-state index contributed by atoms with van der Waals surface area (Å²) < 4.78 is 11.4. The standard InChI is InChI=1S/C16H33NO2/c1-8-13(2)14(12-17)11-16(5,6)19-10-9-15(3,4)18-7/h12-13H,8-11,17H2,1-7H3/b14-12-. The molecule has 0 rings (SSSR count). The molecule has 0 amide bonds. The Bertz CT molecular complexity index is 282. The topological polar surface area (TPSA) is 44.5 Å². The predicted octanol–water partition coefficient (Wildman–Crippen LogP) is 3.88. The lowest BCUT2D eigenvalue weighted by atomic mass is 9.89. The number of ether oxygens (including phenoxy) is 2. The van der Waals surface area contributed by atoms with Crippen molar-refractivity contribution in [1.29, 1.82) is 0 Å². The van der Waals surface area contributed by atoms with E-state index >= 15 is 0 Å². The molecule has 0 bridgehead atoms. The number of rotatable bonds is 9. The Morgan fingerprint density at radius 2 is 1.79 bits per heavy atom. The zero-order chi connectivity index (χ0) is 15.1. The molecule has 3 heteroatoms. The molecule has 0 aromatic carbocycles. The van der Waals surface area contributed by atoms with E-state index in [2.05, 4.69) is 41.5 Å². The fourth-order valence-corrected chi connectivity index (χ4v) is 1.88. The minimum absolute atomic E-state index is 0.126. The minimum Gasteiger partial charge on any atom is -0.405 e. The maximum atomic E-state index is 6.02. The van der Waals surface area contributed by atoms with Crippen molar-refractivity contribution in [2.45, 2.75) is 72.0 Å². The Balaban J connectivity index is 4.32. The first kappa shape index (κ1) is 18.5. The lowest BCUT2D eigenvalue weighted by Crippen LogP contribution is -2.31. The normalized spacial score (nSPS) is 15.6. The Hall–Kier alpha value is -0.540. The van der Waals surface area contributed by atoms with E-state index in [0.29, 0.717) is 12.5 Å². The fraction of sp³-hybridized carbons (Fsp3) is 0.875. The predicted molar refractivity (Wildman–Crippen MR) is 82.1 cm³/mol. The molecule has 2 N–H and O–H groups in total. The van der Waals surface area contributed by atoms with Gasteiger partial charge in [0.15, 0.2) is 0 Å². The minimum atomic E-state index is -0.182. The van der Waals surface area contributed by atoms with Crippen molar-refractivity contribution in [2.75, 3.05) is 13.7 Å². The van der Waals surface area contributed by atoms with E-state index in [0.717, 1.165) is 19.3 Å². The molecular weight excluding hydrogens is 238 g/mol. The summed E-state index contributed by atoms with van der Waals surface area (Å²) in [6.07, 6.45) is 4.62. The summed E-state index contributed by atoms with van der Waals surface area (Å²) in [5, 5.41) is 0. The third-order valence-electron chi connectivity index (χ3n) is 3.84. The highest BCUT2D eigenvalue weighted by Crippen LogP contribution is 2.27. The molecule has 19 heavy (non-hydrogen) atoms. The highest BCUT2D eigenvalue weighted by molar-refractivity contribution is 5.07. The van der Waals surface area contributed by atoms with Gasteiger partial charge in [0, 0.05) is 7.11 Å². The quantitative estimate of drug-likeness (QED) is 0.692. The molecule has 3 nitrogen and oxygen atoms in total. The van der Waals surface area contributed by atoms with E-state index < -0.39 is 0 Å². The maximum absolute atomic E-state index is 6.02. The first-order chi connectivity index (χ1) is 8.67. The van der Waals surface area contributed by atoms with E-state index in [-0.39, 0.29) is 11.2 Å². The van der Waals surface area contributed by atoms with E-state index in [1.165, 1.54) is 5.57 Å². The molecule has 0 saturated carbocycles. The summed E-state index contributed by atoms with van der Waals surface area (Å²) in [6, 6.07) is 0. The molecule has 0 aliphatic heterocycles. The molecule has 0 fully saturated rings. The highest BCUT2D eigenvalue weighted by Gasteiger charge is 2.24. The van der Waals surface area contributed by atoms with Crippen molar-refractivity contribution in [3.63, 3.8) is 0 Å². The van der Waals surface area contributed by atoms with E-state index in [4.69, 9.17) is 15.2 Å². The number of hydrogen-bond donors (Lipinski definition) is 1. The molecule has 0 aliphatic carbocycles. The maximum Gasteiger partial charge on any atom is 0.0664 e. The molecule has 1 unspecified atom stereocenters. The first-order valence-electron chi connectivity index (χ1n) is 7.27. The monoisotopic (exact) mass is 271 g/mol. The molecule has 1 atom stereocenters. The van der Waals surface area contributed by atoms with Crippen LogP contribution in [0, 0.1) is 5.92 Å². The van der Waals surface area contributed by atoms with Gasteiger partial charge in [0.2, 0.25) is 0 Å². The van der Waals surface area contributed by atoms with Crippen LogP contribution in [0.2, 0.25) is 0 Å². The Labute approximate surface area is 119 Å². The third-order valence-corrected chi connectivity index (χ3v) is 3.84. The summed E-state index contributed by atoms with van der Waals surface area (Å²) in [5.74, 6) is 0.517. The van der Waals surface area contributed by atoms with Crippen LogP contribution in [0.3, 0.4) is 0 Å². The smallest absolute Gasteiger partial charge is 0.0664 e. The lowest BCUT2D eigenvalue weighted by molar-refractivity contribution is -0.0581. The van der Waals surface area contributed by atoms with Crippen molar-refractivity contribution >= 4 is 0 Å². The van der Waals surface area contributed by atoms with Gasteiger partial charge in [0.25, 0.3) is 0 Å². The van der Waals surface area contributed by atoms with Gasteiger partial charge in [0.05, 0.1) is 17.8 Å². The first-order valence-corrected chi connectivity index (χ1v) is 7.27. The molecule has 114 valence electrons. The van der Waals surface area contributed by atoms with Crippen molar-refractivity contribution in [1.82, 2.24) is 0 Å². The Morgan fingerprint density at radius 1 is 1.21 bits per heavy atom. The third kappa shape index (κ3) is 7.58. The van der Waals surface area contributed by atoms with Crippen LogP contribution in [0.5, 0.6) is 0 Å². The summed E-state index contributed by atoms with van der Waals surface area (Å²) in [6.45, 7) is 13.5. The van der Waals surface area contributed by atoms with Crippen LogP contribution >= 0.6 is 0 Å².